The average molecular weight is 227 g/mol. The molecule has 0 saturated carbocycles. The van der Waals surface area contributed by atoms with Gasteiger partial charge in [0.15, 0.2) is 0 Å². The first-order chi connectivity index (χ1) is 7.62. The third kappa shape index (κ3) is 2.78. The molecule has 0 spiro atoms. The summed E-state index contributed by atoms with van der Waals surface area (Å²) in [7, 11) is 0. The lowest BCUT2D eigenvalue weighted by molar-refractivity contribution is -0.918. The van der Waals surface area contributed by atoms with E-state index in [4.69, 9.17) is 0 Å². The Morgan fingerprint density at radius 3 is 2.25 bits per heavy atom. The minimum Gasteiger partial charge on any atom is -0.310 e. The van der Waals surface area contributed by atoms with Crippen LogP contribution in [0.3, 0.4) is 0 Å². The molecular formula is C14H31N2+. The molecular weight excluding hydrogens is 196 g/mol. The number of hydrogen-bond donors (Lipinski definition) is 0. The molecule has 1 aliphatic heterocycles. The Hall–Kier alpha value is -0.0800. The third-order valence-corrected chi connectivity index (χ3v) is 4.65. The van der Waals surface area contributed by atoms with Gasteiger partial charge in [-0.3, -0.25) is 0 Å². The SMILES string of the molecule is CCCC1C[N+](CC)(CC)CN1C(C)CC. The van der Waals surface area contributed by atoms with Crippen LogP contribution in [0.25, 0.3) is 0 Å². The second-order valence-corrected chi connectivity index (χ2v) is 5.51. The van der Waals surface area contributed by atoms with Gasteiger partial charge in [0.25, 0.3) is 0 Å². The maximum atomic E-state index is 2.77. The smallest absolute Gasteiger partial charge is 0.135 e. The van der Waals surface area contributed by atoms with Gasteiger partial charge in [0.1, 0.15) is 6.67 Å². The van der Waals surface area contributed by atoms with Gasteiger partial charge in [0.2, 0.25) is 0 Å². The summed E-state index contributed by atoms with van der Waals surface area (Å²) in [6, 6.07) is 1.59. The van der Waals surface area contributed by atoms with Crippen molar-refractivity contribution < 1.29 is 4.48 Å². The molecule has 0 aromatic heterocycles. The fourth-order valence-electron chi connectivity index (χ4n) is 3.08. The van der Waals surface area contributed by atoms with Crippen LogP contribution in [-0.2, 0) is 0 Å². The van der Waals surface area contributed by atoms with Gasteiger partial charge >= 0.3 is 0 Å². The van der Waals surface area contributed by atoms with Crippen molar-refractivity contribution in [3.8, 4) is 0 Å². The Balaban J connectivity index is 2.74. The molecule has 0 bridgehead atoms. The van der Waals surface area contributed by atoms with Crippen LogP contribution in [0, 0.1) is 0 Å². The summed E-state index contributed by atoms with van der Waals surface area (Å²) in [5, 5.41) is 0. The highest BCUT2D eigenvalue weighted by molar-refractivity contribution is 4.79. The molecule has 0 N–H and O–H groups in total. The maximum absolute atomic E-state index is 2.77. The Bertz CT molecular complexity index is 199. The first kappa shape index (κ1) is 14.0. The third-order valence-electron chi connectivity index (χ3n) is 4.65. The molecule has 2 heteroatoms. The average Bonchev–Trinajstić information content (AvgIpc) is 2.68. The highest BCUT2D eigenvalue weighted by Gasteiger charge is 2.42. The quantitative estimate of drug-likeness (QED) is 0.630. The van der Waals surface area contributed by atoms with Crippen molar-refractivity contribution in [2.24, 2.45) is 0 Å². The van der Waals surface area contributed by atoms with E-state index >= 15 is 0 Å². The summed E-state index contributed by atoms with van der Waals surface area (Å²) in [5.74, 6) is 0. The zero-order valence-corrected chi connectivity index (χ0v) is 12.0. The van der Waals surface area contributed by atoms with Crippen LogP contribution < -0.4 is 0 Å². The number of hydrogen-bond acceptors (Lipinski definition) is 1. The molecule has 0 aromatic carbocycles. The van der Waals surface area contributed by atoms with E-state index in [1.165, 1.54) is 50.0 Å². The molecule has 0 aliphatic carbocycles. The largest absolute Gasteiger partial charge is 0.310 e. The van der Waals surface area contributed by atoms with E-state index in [-0.39, 0.29) is 0 Å². The summed E-state index contributed by atoms with van der Waals surface area (Å²) in [6.45, 7) is 17.0. The fraction of sp³-hybridized carbons (Fsp3) is 1.00. The van der Waals surface area contributed by atoms with Gasteiger partial charge in [-0.1, -0.05) is 20.3 Å². The first-order valence-electron chi connectivity index (χ1n) is 7.23. The van der Waals surface area contributed by atoms with Crippen molar-refractivity contribution in [3.05, 3.63) is 0 Å². The van der Waals surface area contributed by atoms with Crippen molar-refractivity contribution in [1.82, 2.24) is 4.90 Å². The van der Waals surface area contributed by atoms with Crippen molar-refractivity contribution in [3.63, 3.8) is 0 Å². The molecule has 0 radical (unpaired) electrons. The summed E-state index contributed by atoms with van der Waals surface area (Å²) >= 11 is 0. The van der Waals surface area contributed by atoms with E-state index in [0.29, 0.717) is 0 Å². The number of quaternary nitrogens is 1. The molecule has 1 saturated heterocycles. The predicted molar refractivity (Wildman–Crippen MR) is 71.4 cm³/mol. The Morgan fingerprint density at radius 1 is 1.19 bits per heavy atom. The highest BCUT2D eigenvalue weighted by atomic mass is 15.5. The van der Waals surface area contributed by atoms with E-state index in [9.17, 15) is 0 Å². The number of nitrogens with zero attached hydrogens (tertiary/aromatic N) is 2. The van der Waals surface area contributed by atoms with E-state index < -0.39 is 0 Å². The fourth-order valence-corrected chi connectivity index (χ4v) is 3.08. The number of rotatable bonds is 6. The minimum atomic E-state index is 0.759. The molecule has 1 heterocycles. The summed E-state index contributed by atoms with van der Waals surface area (Å²) in [6.07, 6.45) is 3.99. The molecule has 1 rings (SSSR count). The van der Waals surface area contributed by atoms with Crippen LogP contribution in [0.5, 0.6) is 0 Å². The summed E-state index contributed by atoms with van der Waals surface area (Å²) < 4.78 is 1.31. The van der Waals surface area contributed by atoms with Crippen LogP contribution in [0.2, 0.25) is 0 Å². The zero-order chi connectivity index (χ0) is 12.2. The van der Waals surface area contributed by atoms with Gasteiger partial charge in [-0.2, -0.15) is 0 Å². The van der Waals surface area contributed by atoms with E-state index in [2.05, 4.69) is 39.5 Å². The van der Waals surface area contributed by atoms with Crippen LogP contribution >= 0.6 is 0 Å². The van der Waals surface area contributed by atoms with Crippen molar-refractivity contribution >= 4 is 0 Å². The standard InChI is InChI=1S/C14H31N2/c1-6-10-14-11-16(8-3,9-4)12-15(14)13(5)7-2/h13-14H,6-12H2,1-5H3/q+1. The molecule has 0 amide bonds. The molecule has 0 aromatic rings. The Morgan fingerprint density at radius 2 is 1.81 bits per heavy atom. The molecule has 96 valence electrons. The van der Waals surface area contributed by atoms with Crippen molar-refractivity contribution in [2.45, 2.75) is 66.0 Å². The van der Waals surface area contributed by atoms with Gasteiger partial charge in [0, 0.05) is 6.04 Å². The molecule has 2 unspecified atom stereocenters. The lowest BCUT2D eigenvalue weighted by Gasteiger charge is -2.32. The summed E-state index contributed by atoms with van der Waals surface area (Å²) in [5.41, 5.74) is 0. The second kappa shape index (κ2) is 6.02. The molecule has 2 atom stereocenters. The van der Waals surface area contributed by atoms with Crippen molar-refractivity contribution in [2.75, 3.05) is 26.3 Å². The lowest BCUT2D eigenvalue weighted by Crippen LogP contribution is -2.47. The molecule has 2 nitrogen and oxygen atoms in total. The van der Waals surface area contributed by atoms with E-state index in [0.717, 1.165) is 12.1 Å². The van der Waals surface area contributed by atoms with Gasteiger partial charge < -0.3 is 4.48 Å². The van der Waals surface area contributed by atoms with Crippen LogP contribution in [0.15, 0.2) is 0 Å². The minimum absolute atomic E-state index is 0.759. The van der Waals surface area contributed by atoms with Gasteiger partial charge in [-0.15, -0.1) is 0 Å². The Kier molecular flexibility index (Phi) is 5.26. The number of likely N-dealkylation sites (N-methyl/N-ethyl adjacent to an activating group) is 1. The van der Waals surface area contributed by atoms with Gasteiger partial charge in [-0.05, 0) is 33.6 Å². The topological polar surface area (TPSA) is 3.24 Å². The Labute approximate surface area is 102 Å². The normalized spacial score (nSPS) is 27.2. The van der Waals surface area contributed by atoms with Gasteiger partial charge in [-0.25, -0.2) is 4.90 Å². The van der Waals surface area contributed by atoms with E-state index in [1.54, 1.807) is 0 Å². The molecule has 1 fully saturated rings. The molecule has 16 heavy (non-hydrogen) atoms. The van der Waals surface area contributed by atoms with Gasteiger partial charge in [0.05, 0.1) is 25.7 Å². The second-order valence-electron chi connectivity index (χ2n) is 5.51. The predicted octanol–water partition coefficient (Wildman–Crippen LogP) is 3.08. The van der Waals surface area contributed by atoms with Crippen LogP contribution in [0.4, 0.5) is 0 Å². The highest BCUT2D eigenvalue weighted by Crippen LogP contribution is 2.27. The van der Waals surface area contributed by atoms with Crippen LogP contribution in [0.1, 0.15) is 53.9 Å². The maximum Gasteiger partial charge on any atom is 0.135 e. The van der Waals surface area contributed by atoms with Crippen molar-refractivity contribution in [1.29, 1.82) is 0 Å². The van der Waals surface area contributed by atoms with Crippen LogP contribution in [-0.4, -0.2) is 47.8 Å². The first-order valence-corrected chi connectivity index (χ1v) is 7.23. The zero-order valence-electron chi connectivity index (χ0n) is 12.0. The summed E-state index contributed by atoms with van der Waals surface area (Å²) in [4.78, 5) is 2.77. The monoisotopic (exact) mass is 227 g/mol. The lowest BCUT2D eigenvalue weighted by atomic mass is 10.1. The molecule has 1 aliphatic rings. The van der Waals surface area contributed by atoms with E-state index in [1.807, 2.05) is 0 Å².